The van der Waals surface area contributed by atoms with Crippen LogP contribution in [0.1, 0.15) is 280 Å². The maximum atomic E-state index is 10.1. The number of ether oxygens (including phenoxy) is 3. The molecule has 0 amide bonds. The maximum Gasteiger partial charge on any atom is 0.293 e. The van der Waals surface area contributed by atoms with Crippen molar-refractivity contribution in [2.75, 3.05) is 33.4 Å². The predicted octanol–water partition coefficient (Wildman–Crippen LogP) is 17.0. The summed E-state index contributed by atoms with van der Waals surface area (Å²) in [5.41, 5.74) is 0. The highest BCUT2D eigenvalue weighted by Gasteiger charge is 2.11. The lowest BCUT2D eigenvalue weighted by atomic mass is 9.92. The summed E-state index contributed by atoms with van der Waals surface area (Å²) in [5.74, 6) is 1.52. The minimum atomic E-state index is 0.510. The predicted molar refractivity (Wildman–Crippen MR) is 264 cm³/mol. The van der Waals surface area contributed by atoms with Crippen molar-refractivity contribution < 1.29 is 23.8 Å². The van der Waals surface area contributed by atoms with Crippen LogP contribution in [-0.2, 0) is 23.8 Å². The van der Waals surface area contributed by atoms with Crippen molar-refractivity contribution in [3.8, 4) is 0 Å². The fraction of sp³-hybridized carbons (Fsp3) is 0.963. The van der Waals surface area contributed by atoms with E-state index in [1.54, 1.807) is 0 Å². The van der Waals surface area contributed by atoms with Gasteiger partial charge in [-0.2, -0.15) is 0 Å². The van der Waals surface area contributed by atoms with Gasteiger partial charge < -0.3 is 19.1 Å². The van der Waals surface area contributed by atoms with Gasteiger partial charge in [0.1, 0.15) is 0 Å². The SMILES string of the molecule is CCCCCC(CCCCC)CCOC=O.CCCCCC(CCCCC)CCOC=O.CCCCCCCCCC(CCCCCCCCC)OCCCN(C)C(C)C. The summed E-state index contributed by atoms with van der Waals surface area (Å²) < 4.78 is 15.9. The number of hydrogen-bond acceptors (Lipinski definition) is 6. The smallest absolute Gasteiger partial charge is 0.293 e. The summed E-state index contributed by atoms with van der Waals surface area (Å²) in [5, 5.41) is 0. The van der Waals surface area contributed by atoms with Gasteiger partial charge >= 0.3 is 0 Å². The Hall–Kier alpha value is -1.14. The lowest BCUT2D eigenvalue weighted by Crippen LogP contribution is -2.28. The molecule has 0 heterocycles. The number of nitrogens with zero attached hydrogens (tertiary/aromatic N) is 1. The van der Waals surface area contributed by atoms with Crippen molar-refractivity contribution in [2.24, 2.45) is 11.8 Å². The van der Waals surface area contributed by atoms with Gasteiger partial charge in [0.2, 0.25) is 0 Å². The van der Waals surface area contributed by atoms with Gasteiger partial charge in [-0.3, -0.25) is 9.59 Å². The molecule has 0 aliphatic carbocycles. The van der Waals surface area contributed by atoms with Crippen LogP contribution < -0.4 is 0 Å². The highest BCUT2D eigenvalue weighted by Crippen LogP contribution is 2.22. The molecule has 0 aromatic carbocycles. The molecule has 0 aromatic heterocycles. The zero-order chi connectivity index (χ0) is 45.0. The Bertz CT molecular complexity index is 707. The molecule has 6 heteroatoms. The summed E-state index contributed by atoms with van der Waals surface area (Å²) in [6.45, 7) is 22.5. The molecule has 0 aliphatic rings. The Morgan fingerprint density at radius 2 is 0.683 bits per heavy atom. The summed E-state index contributed by atoms with van der Waals surface area (Å²) in [6, 6.07) is 0.635. The van der Waals surface area contributed by atoms with Crippen LogP contribution in [0.2, 0.25) is 0 Å². The average Bonchev–Trinajstić information content (AvgIpc) is 3.24. The largest absolute Gasteiger partial charge is 0.468 e. The number of hydrogen-bond donors (Lipinski definition) is 0. The first-order valence-electron chi connectivity index (χ1n) is 26.7. The second kappa shape index (κ2) is 55.9. The normalized spacial score (nSPS) is 11.3. The monoisotopic (exact) mass is 854 g/mol. The van der Waals surface area contributed by atoms with Gasteiger partial charge in [0.15, 0.2) is 0 Å². The molecule has 0 aliphatic heterocycles. The van der Waals surface area contributed by atoms with E-state index in [-0.39, 0.29) is 0 Å². The lowest BCUT2D eigenvalue weighted by Gasteiger charge is -2.22. The molecule has 0 spiro atoms. The molecule has 0 fully saturated rings. The molecule has 6 nitrogen and oxygen atoms in total. The molecular formula is C54H111NO5. The topological polar surface area (TPSA) is 65.1 Å². The van der Waals surface area contributed by atoms with Gasteiger partial charge in [-0.05, 0) is 64.8 Å². The average molecular weight is 854 g/mol. The summed E-state index contributed by atoms with van der Waals surface area (Å²) in [6.07, 6.45) is 46.9. The minimum absolute atomic E-state index is 0.510. The Balaban J connectivity index is -0.000000870. The second-order valence-electron chi connectivity index (χ2n) is 18.5. The molecule has 0 saturated heterocycles. The Kier molecular flexibility index (Phi) is 58.8. The van der Waals surface area contributed by atoms with Gasteiger partial charge in [-0.25, -0.2) is 0 Å². The molecule has 0 aromatic rings. The zero-order valence-corrected chi connectivity index (χ0v) is 42.5. The van der Waals surface area contributed by atoms with Gasteiger partial charge in [-0.15, -0.1) is 0 Å². The third-order valence-electron chi connectivity index (χ3n) is 12.4. The van der Waals surface area contributed by atoms with Crippen molar-refractivity contribution >= 4 is 12.9 Å². The van der Waals surface area contributed by atoms with E-state index in [9.17, 15) is 9.59 Å². The van der Waals surface area contributed by atoms with Crippen LogP contribution in [0.4, 0.5) is 0 Å². The van der Waals surface area contributed by atoms with E-state index < -0.39 is 0 Å². The van der Waals surface area contributed by atoms with Crippen molar-refractivity contribution in [2.45, 2.75) is 292 Å². The maximum absolute atomic E-state index is 10.1. The van der Waals surface area contributed by atoms with E-state index in [0.717, 1.165) is 37.8 Å². The fourth-order valence-corrected chi connectivity index (χ4v) is 7.96. The molecule has 0 N–H and O–H groups in total. The van der Waals surface area contributed by atoms with Crippen LogP contribution in [0.3, 0.4) is 0 Å². The standard InChI is InChI=1S/C26H55NO.2C14H28O2/c1-6-8-10-12-14-16-18-21-26(22-19-17-15-13-11-9-7-2)28-24-20-23-27(5)25(3)4;2*1-3-5-7-9-14(10-8-6-4-2)11-12-16-13-15/h25-26H,6-24H2,1-5H3;2*13-14H,3-12H2,1-2H3. The molecule has 60 heavy (non-hydrogen) atoms. The quantitative estimate of drug-likeness (QED) is 0.0449. The molecular weight excluding hydrogens is 743 g/mol. The van der Waals surface area contributed by atoms with Crippen molar-refractivity contribution in [3.05, 3.63) is 0 Å². The van der Waals surface area contributed by atoms with Crippen molar-refractivity contribution in [1.82, 2.24) is 4.90 Å². The molecule has 0 radical (unpaired) electrons. The number of rotatable bonds is 46. The van der Waals surface area contributed by atoms with Crippen LogP contribution in [0.15, 0.2) is 0 Å². The molecule has 0 rings (SSSR count). The van der Waals surface area contributed by atoms with Crippen LogP contribution in [0, 0.1) is 11.8 Å². The van der Waals surface area contributed by atoms with Gasteiger partial charge in [-0.1, -0.05) is 234 Å². The van der Waals surface area contributed by atoms with E-state index >= 15 is 0 Å². The first-order valence-corrected chi connectivity index (χ1v) is 26.7. The van der Waals surface area contributed by atoms with Gasteiger partial charge in [0, 0.05) is 19.2 Å². The van der Waals surface area contributed by atoms with Gasteiger partial charge in [0.25, 0.3) is 12.9 Å². The number of carbonyl (C=O) groups is 2. The molecule has 362 valence electrons. The first kappa shape index (κ1) is 63.2. The third-order valence-corrected chi connectivity index (χ3v) is 12.4. The van der Waals surface area contributed by atoms with E-state index in [2.05, 4.69) is 67.3 Å². The Morgan fingerprint density at radius 1 is 0.383 bits per heavy atom. The van der Waals surface area contributed by atoms with E-state index in [4.69, 9.17) is 14.2 Å². The zero-order valence-electron chi connectivity index (χ0n) is 42.5. The molecule has 0 unspecified atom stereocenters. The Morgan fingerprint density at radius 3 is 1.00 bits per heavy atom. The van der Waals surface area contributed by atoms with E-state index in [1.807, 2.05) is 0 Å². The van der Waals surface area contributed by atoms with E-state index in [0.29, 0.717) is 38.3 Å². The third kappa shape index (κ3) is 53.0. The molecule has 0 bridgehead atoms. The van der Waals surface area contributed by atoms with Crippen LogP contribution in [0.25, 0.3) is 0 Å². The fourth-order valence-electron chi connectivity index (χ4n) is 7.96. The van der Waals surface area contributed by atoms with Crippen LogP contribution in [-0.4, -0.2) is 63.4 Å². The van der Waals surface area contributed by atoms with Crippen molar-refractivity contribution in [1.29, 1.82) is 0 Å². The van der Waals surface area contributed by atoms with E-state index in [1.165, 1.54) is 212 Å². The van der Waals surface area contributed by atoms with Crippen LogP contribution >= 0.6 is 0 Å². The molecule has 0 atom stereocenters. The van der Waals surface area contributed by atoms with Crippen LogP contribution in [0.5, 0.6) is 0 Å². The summed E-state index contributed by atoms with van der Waals surface area (Å²) >= 11 is 0. The summed E-state index contributed by atoms with van der Waals surface area (Å²) in [7, 11) is 2.22. The minimum Gasteiger partial charge on any atom is -0.468 e. The van der Waals surface area contributed by atoms with Crippen molar-refractivity contribution in [3.63, 3.8) is 0 Å². The van der Waals surface area contributed by atoms with Gasteiger partial charge in [0.05, 0.1) is 19.3 Å². The highest BCUT2D eigenvalue weighted by atomic mass is 16.5. The number of unbranched alkanes of at least 4 members (excludes halogenated alkanes) is 20. The Labute approximate surface area is 378 Å². The molecule has 0 saturated carbocycles. The number of carbonyl (C=O) groups excluding carboxylic acids is 2. The first-order chi connectivity index (χ1) is 29.3. The lowest BCUT2D eigenvalue weighted by molar-refractivity contribution is -0.129. The summed E-state index contributed by atoms with van der Waals surface area (Å²) in [4.78, 5) is 22.6. The second-order valence-corrected chi connectivity index (χ2v) is 18.5. The highest BCUT2D eigenvalue weighted by molar-refractivity contribution is 5.37.